The fourth-order valence-corrected chi connectivity index (χ4v) is 1.80. The van der Waals surface area contributed by atoms with Crippen LogP contribution in [0, 0.1) is 0 Å². The first-order valence-corrected chi connectivity index (χ1v) is 6.53. The Balaban J connectivity index is 3.10. The summed E-state index contributed by atoms with van der Waals surface area (Å²) in [7, 11) is 0. The number of nitrogens with one attached hydrogen (secondary N) is 1. The highest BCUT2D eigenvalue weighted by Crippen LogP contribution is 2.00. The van der Waals surface area contributed by atoms with Gasteiger partial charge in [0.15, 0.2) is 0 Å². The van der Waals surface area contributed by atoms with E-state index in [1.54, 1.807) is 11.8 Å². The summed E-state index contributed by atoms with van der Waals surface area (Å²) in [6.07, 6.45) is 2.76. The summed E-state index contributed by atoms with van der Waals surface area (Å²) in [6, 6.07) is 0. The van der Waals surface area contributed by atoms with Gasteiger partial charge in [-0.2, -0.15) is 11.8 Å². The maximum absolute atomic E-state index is 11.2. The topological polar surface area (TPSA) is 69.6 Å². The summed E-state index contributed by atoms with van der Waals surface area (Å²) < 4.78 is 0. The van der Waals surface area contributed by atoms with E-state index in [0.29, 0.717) is 19.4 Å². The van der Waals surface area contributed by atoms with Gasteiger partial charge in [-0.1, -0.05) is 0 Å². The molecule has 0 heterocycles. The highest BCUT2D eigenvalue weighted by atomic mass is 32.2. The van der Waals surface area contributed by atoms with Gasteiger partial charge in [-0.25, -0.2) is 0 Å². The van der Waals surface area contributed by atoms with Crippen molar-refractivity contribution in [2.45, 2.75) is 25.7 Å². The Bertz CT molecular complexity index is 156. The molecule has 0 fully saturated rings. The van der Waals surface area contributed by atoms with Crippen molar-refractivity contribution in [1.29, 1.82) is 0 Å². The highest BCUT2D eigenvalue weighted by molar-refractivity contribution is 7.99. The fraction of sp³-hybridized carbons (Fsp3) is 0.900. The van der Waals surface area contributed by atoms with Gasteiger partial charge in [0.05, 0.1) is 0 Å². The molecule has 0 saturated heterocycles. The number of aliphatic hydroxyl groups is 2. The molecule has 0 aliphatic heterocycles. The number of aliphatic hydroxyl groups excluding tert-OH is 2. The zero-order valence-corrected chi connectivity index (χ0v) is 9.89. The second kappa shape index (κ2) is 11.8. The van der Waals surface area contributed by atoms with Crippen molar-refractivity contribution in [3.05, 3.63) is 0 Å². The van der Waals surface area contributed by atoms with Crippen molar-refractivity contribution in [3.63, 3.8) is 0 Å². The number of rotatable bonds is 10. The molecule has 0 unspecified atom stereocenters. The molecule has 0 aromatic carbocycles. The summed E-state index contributed by atoms with van der Waals surface area (Å²) in [6.45, 7) is 1.08. The first-order valence-electron chi connectivity index (χ1n) is 5.37. The minimum atomic E-state index is 0.0613. The smallest absolute Gasteiger partial charge is 0.220 e. The molecule has 0 aliphatic rings. The van der Waals surface area contributed by atoms with Gasteiger partial charge in [0.2, 0.25) is 5.91 Å². The van der Waals surface area contributed by atoms with Crippen LogP contribution in [-0.2, 0) is 4.79 Å². The predicted octanol–water partition coefficient (Wildman–Crippen LogP) is 0.381. The van der Waals surface area contributed by atoms with Crippen LogP contribution in [0.2, 0.25) is 0 Å². The third-order valence-electron chi connectivity index (χ3n) is 1.83. The maximum atomic E-state index is 11.2. The molecule has 0 atom stereocenters. The number of hydrogen-bond donors (Lipinski definition) is 3. The van der Waals surface area contributed by atoms with Crippen LogP contribution in [-0.4, -0.2) is 47.4 Å². The molecule has 3 N–H and O–H groups in total. The van der Waals surface area contributed by atoms with Gasteiger partial charge >= 0.3 is 0 Å². The standard InChI is InChI=1S/C10H21NO3S/c12-6-2-1-4-10(14)11-5-9-15-8-3-7-13/h12-13H,1-9H2,(H,11,14). The summed E-state index contributed by atoms with van der Waals surface area (Å²) in [4.78, 5) is 11.2. The normalized spacial score (nSPS) is 10.3. The molecule has 15 heavy (non-hydrogen) atoms. The summed E-state index contributed by atoms with van der Waals surface area (Å²) in [5.41, 5.74) is 0. The lowest BCUT2D eigenvalue weighted by molar-refractivity contribution is -0.121. The molecule has 0 aromatic heterocycles. The molecule has 4 nitrogen and oxygen atoms in total. The Labute approximate surface area is 95.4 Å². The monoisotopic (exact) mass is 235 g/mol. The van der Waals surface area contributed by atoms with Crippen molar-refractivity contribution in [3.8, 4) is 0 Å². The van der Waals surface area contributed by atoms with Crippen molar-refractivity contribution in [2.24, 2.45) is 0 Å². The van der Waals surface area contributed by atoms with E-state index in [0.717, 1.165) is 24.3 Å². The zero-order valence-electron chi connectivity index (χ0n) is 9.07. The largest absolute Gasteiger partial charge is 0.396 e. The Morgan fingerprint density at radius 3 is 2.47 bits per heavy atom. The lowest BCUT2D eigenvalue weighted by Gasteiger charge is -2.04. The number of carbonyl (C=O) groups is 1. The SMILES string of the molecule is O=C(CCCCO)NCCSCCCO. The van der Waals surface area contributed by atoms with Crippen LogP contribution in [0.1, 0.15) is 25.7 Å². The highest BCUT2D eigenvalue weighted by Gasteiger charge is 1.99. The quantitative estimate of drug-likeness (QED) is 0.479. The van der Waals surface area contributed by atoms with Gasteiger partial charge in [0.1, 0.15) is 0 Å². The van der Waals surface area contributed by atoms with Crippen LogP contribution in [0.15, 0.2) is 0 Å². The Hall–Kier alpha value is -0.260. The summed E-state index contributed by atoms with van der Waals surface area (Å²) in [5, 5.41) is 19.9. The average molecular weight is 235 g/mol. The van der Waals surface area contributed by atoms with Crippen LogP contribution in [0.25, 0.3) is 0 Å². The molecule has 0 aliphatic carbocycles. The van der Waals surface area contributed by atoms with Gasteiger partial charge in [0.25, 0.3) is 0 Å². The van der Waals surface area contributed by atoms with Crippen LogP contribution >= 0.6 is 11.8 Å². The van der Waals surface area contributed by atoms with Crippen molar-refractivity contribution < 1.29 is 15.0 Å². The van der Waals surface area contributed by atoms with Gasteiger partial charge in [-0.3, -0.25) is 4.79 Å². The minimum absolute atomic E-state index is 0.0613. The lowest BCUT2D eigenvalue weighted by atomic mass is 10.2. The maximum Gasteiger partial charge on any atom is 0.220 e. The third kappa shape index (κ3) is 11.7. The molecule has 0 aromatic rings. The van der Waals surface area contributed by atoms with Crippen molar-refractivity contribution >= 4 is 17.7 Å². The molecule has 0 saturated carbocycles. The molecule has 0 spiro atoms. The van der Waals surface area contributed by atoms with Crippen LogP contribution in [0.3, 0.4) is 0 Å². The van der Waals surface area contributed by atoms with E-state index >= 15 is 0 Å². The van der Waals surface area contributed by atoms with Gasteiger partial charge < -0.3 is 15.5 Å². The summed E-state index contributed by atoms with van der Waals surface area (Å²) in [5.74, 6) is 1.90. The first-order chi connectivity index (χ1) is 7.31. The van der Waals surface area contributed by atoms with Crippen molar-refractivity contribution in [1.82, 2.24) is 5.32 Å². The summed E-state index contributed by atoms with van der Waals surface area (Å²) >= 11 is 1.73. The molecule has 1 amide bonds. The number of hydrogen-bond acceptors (Lipinski definition) is 4. The molecular weight excluding hydrogens is 214 g/mol. The number of carbonyl (C=O) groups excluding carboxylic acids is 1. The van der Waals surface area contributed by atoms with Gasteiger partial charge in [-0.15, -0.1) is 0 Å². The minimum Gasteiger partial charge on any atom is -0.396 e. The van der Waals surface area contributed by atoms with E-state index < -0.39 is 0 Å². The number of unbranched alkanes of at least 4 members (excludes halogenated alkanes) is 1. The molecule has 0 bridgehead atoms. The Morgan fingerprint density at radius 2 is 1.80 bits per heavy atom. The van der Waals surface area contributed by atoms with Crippen LogP contribution < -0.4 is 5.32 Å². The Kier molecular flexibility index (Phi) is 11.6. The first kappa shape index (κ1) is 14.7. The fourth-order valence-electron chi connectivity index (χ4n) is 1.02. The van der Waals surface area contributed by atoms with Crippen LogP contribution in [0.4, 0.5) is 0 Å². The predicted molar refractivity (Wildman–Crippen MR) is 63.0 cm³/mol. The number of amides is 1. The van der Waals surface area contributed by atoms with E-state index in [4.69, 9.17) is 10.2 Å². The average Bonchev–Trinajstić information content (AvgIpc) is 2.23. The molecule has 0 radical (unpaired) electrons. The molecule has 90 valence electrons. The van der Waals surface area contributed by atoms with E-state index in [9.17, 15) is 4.79 Å². The second-order valence-corrected chi connectivity index (χ2v) is 4.44. The second-order valence-electron chi connectivity index (χ2n) is 3.22. The van der Waals surface area contributed by atoms with Gasteiger partial charge in [-0.05, 0) is 25.0 Å². The zero-order chi connectivity index (χ0) is 11.4. The van der Waals surface area contributed by atoms with E-state index in [1.165, 1.54) is 0 Å². The number of thioether (sulfide) groups is 1. The Morgan fingerprint density at radius 1 is 1.07 bits per heavy atom. The van der Waals surface area contributed by atoms with E-state index in [1.807, 2.05) is 0 Å². The van der Waals surface area contributed by atoms with E-state index in [2.05, 4.69) is 5.32 Å². The molecule has 5 heteroatoms. The third-order valence-corrected chi connectivity index (χ3v) is 2.90. The molecular formula is C10H21NO3S. The van der Waals surface area contributed by atoms with Crippen LogP contribution in [0.5, 0.6) is 0 Å². The van der Waals surface area contributed by atoms with Gasteiger partial charge in [0, 0.05) is 31.9 Å². The van der Waals surface area contributed by atoms with Crippen molar-refractivity contribution in [2.75, 3.05) is 31.3 Å². The lowest BCUT2D eigenvalue weighted by Crippen LogP contribution is -2.25. The van der Waals surface area contributed by atoms with E-state index in [-0.39, 0.29) is 19.1 Å². The molecule has 0 rings (SSSR count).